The van der Waals surface area contributed by atoms with Crippen LogP contribution in [0.4, 0.5) is 17.6 Å². The van der Waals surface area contributed by atoms with Crippen LogP contribution in [0.5, 0.6) is 11.5 Å². The summed E-state index contributed by atoms with van der Waals surface area (Å²) in [7, 11) is 0. The third-order valence-electron chi connectivity index (χ3n) is 6.89. The summed E-state index contributed by atoms with van der Waals surface area (Å²) in [6.45, 7) is 4.87. The van der Waals surface area contributed by atoms with Gasteiger partial charge in [0.25, 0.3) is 11.1 Å². The molecule has 0 saturated carbocycles. The molecule has 48 heavy (non-hydrogen) atoms. The number of fused-ring (bicyclic) bond motifs is 2. The fourth-order valence-corrected chi connectivity index (χ4v) is 5.02. The van der Waals surface area contributed by atoms with Gasteiger partial charge in [-0.1, -0.05) is 23.2 Å². The van der Waals surface area contributed by atoms with Crippen molar-refractivity contribution in [2.24, 2.45) is 5.41 Å². The lowest BCUT2D eigenvalue weighted by molar-refractivity contribution is -0.142. The van der Waals surface area contributed by atoms with Gasteiger partial charge in [-0.15, -0.1) is 0 Å². The third kappa shape index (κ3) is 6.34. The lowest BCUT2D eigenvalue weighted by Crippen LogP contribution is -2.27. The second-order valence-corrected chi connectivity index (χ2v) is 12.0. The van der Waals surface area contributed by atoms with Crippen LogP contribution in [-0.4, -0.2) is 31.0 Å². The van der Waals surface area contributed by atoms with Gasteiger partial charge in [-0.25, -0.2) is 27.5 Å². The number of halogens is 6. The molecule has 0 aliphatic rings. The van der Waals surface area contributed by atoms with Crippen molar-refractivity contribution in [2.45, 2.75) is 20.8 Å². The number of carbonyl (C=O) groups excluding carboxylic acids is 1. The van der Waals surface area contributed by atoms with Crippen molar-refractivity contribution in [2.75, 3.05) is 0 Å². The van der Waals surface area contributed by atoms with Gasteiger partial charge >= 0.3 is 5.97 Å². The van der Waals surface area contributed by atoms with Gasteiger partial charge in [0.2, 0.25) is 0 Å². The highest BCUT2D eigenvalue weighted by Gasteiger charge is 2.29. The number of hydrogen-bond acceptors (Lipinski definition) is 7. The van der Waals surface area contributed by atoms with E-state index in [-0.39, 0.29) is 33.4 Å². The van der Waals surface area contributed by atoms with E-state index in [1.54, 1.807) is 26.8 Å². The summed E-state index contributed by atoms with van der Waals surface area (Å²) >= 11 is 11.7. The van der Waals surface area contributed by atoms with Crippen molar-refractivity contribution < 1.29 is 32.2 Å². The van der Waals surface area contributed by atoms with Gasteiger partial charge in [0.15, 0.2) is 5.75 Å². The van der Waals surface area contributed by atoms with Crippen molar-refractivity contribution in [1.29, 1.82) is 0 Å². The molecule has 0 spiro atoms. The molecule has 0 fully saturated rings. The Morgan fingerprint density at radius 2 is 1.15 bits per heavy atom. The highest BCUT2D eigenvalue weighted by atomic mass is 35.5. The monoisotopic (exact) mass is 700 g/mol. The number of nitrogens with one attached hydrogen (secondary N) is 2. The molecule has 3 N–H and O–H groups in total. The number of esters is 1. The fraction of sp³-hybridized carbons (Fsp3) is 0.121. The molecule has 4 aromatic heterocycles. The van der Waals surface area contributed by atoms with Crippen LogP contribution in [0, 0.1) is 28.7 Å². The largest absolute Gasteiger partial charge is 0.506 e. The van der Waals surface area contributed by atoms with E-state index in [9.17, 15) is 37.1 Å². The minimum atomic E-state index is -0.928. The molecule has 0 saturated heterocycles. The number of nitrogens with zero attached hydrogens (tertiary/aromatic N) is 2. The van der Waals surface area contributed by atoms with E-state index in [4.69, 9.17) is 27.9 Å². The Balaban J connectivity index is 0.000000194. The lowest BCUT2D eigenvalue weighted by Gasteiger charge is -2.19. The predicted octanol–water partition coefficient (Wildman–Crippen LogP) is 7.70. The minimum absolute atomic E-state index is 0.135. The second kappa shape index (κ2) is 13.1. The smallest absolute Gasteiger partial charge is 0.316 e. The van der Waals surface area contributed by atoms with Gasteiger partial charge in [-0.05, 0) is 69.3 Å². The average Bonchev–Trinajstić information content (AvgIpc) is 3.03. The summed E-state index contributed by atoms with van der Waals surface area (Å²) in [6, 6.07) is 9.49. The number of aromatic hydroxyl groups is 1. The Kier molecular flexibility index (Phi) is 9.29. The maximum absolute atomic E-state index is 14.5. The Bertz CT molecular complexity index is 2380. The number of aromatic nitrogens is 4. The first-order valence-corrected chi connectivity index (χ1v) is 14.6. The van der Waals surface area contributed by atoms with Crippen LogP contribution in [-0.2, 0) is 4.79 Å². The average molecular weight is 701 g/mol. The van der Waals surface area contributed by atoms with E-state index in [1.165, 1.54) is 30.6 Å². The van der Waals surface area contributed by atoms with Gasteiger partial charge in [0, 0.05) is 23.5 Å². The normalized spacial score (nSPS) is 11.4. The van der Waals surface area contributed by atoms with E-state index in [1.807, 2.05) is 0 Å². The van der Waals surface area contributed by atoms with Crippen LogP contribution in [0.2, 0.25) is 10.0 Å². The molecule has 2 aromatic carbocycles. The number of benzene rings is 2. The molecule has 4 heterocycles. The van der Waals surface area contributed by atoms with Crippen LogP contribution < -0.4 is 15.9 Å². The molecule has 0 bridgehead atoms. The van der Waals surface area contributed by atoms with Gasteiger partial charge in [-0.2, -0.15) is 0 Å². The summed E-state index contributed by atoms with van der Waals surface area (Å²) < 4.78 is 61.4. The standard InChI is InChI=1S/C19H15ClF2N2O3.C14H7ClF2N2O2/c1-19(2,3)18(26)27-15-9-5-4-8-23-16(9)24-17(25)13(15)12-10(21)6-7-11(22)14(12)20;15-11-8(17)4-3-7(16)9(11)10-12(20)6-2-1-5-18-13(6)19-14(10)21/h4-8H,1-3H3,(H,23,24,25);1-5H,(H2,18,19,20,21). The van der Waals surface area contributed by atoms with E-state index in [0.29, 0.717) is 0 Å². The molecule has 0 aliphatic heterocycles. The molecule has 15 heteroatoms. The van der Waals surface area contributed by atoms with Crippen molar-refractivity contribution in [3.8, 4) is 33.8 Å². The lowest BCUT2D eigenvalue weighted by atomic mass is 9.97. The fourth-order valence-electron chi connectivity index (χ4n) is 4.53. The van der Waals surface area contributed by atoms with Crippen molar-refractivity contribution >= 4 is 51.2 Å². The first-order valence-electron chi connectivity index (χ1n) is 13.8. The summed E-state index contributed by atoms with van der Waals surface area (Å²) in [4.78, 5) is 50.0. The molecular weight excluding hydrogens is 679 g/mol. The van der Waals surface area contributed by atoms with Crippen LogP contribution in [0.3, 0.4) is 0 Å². The Labute approximate surface area is 277 Å². The van der Waals surface area contributed by atoms with Crippen LogP contribution >= 0.6 is 23.2 Å². The summed E-state index contributed by atoms with van der Waals surface area (Å²) in [5, 5.41) is 9.51. The van der Waals surface area contributed by atoms with Crippen molar-refractivity contribution in [3.05, 3.63) is 115 Å². The molecule has 0 unspecified atom stereocenters. The van der Waals surface area contributed by atoms with Gasteiger partial charge in [0.1, 0.15) is 40.3 Å². The maximum Gasteiger partial charge on any atom is 0.316 e. The molecule has 6 rings (SSSR count). The summed E-state index contributed by atoms with van der Waals surface area (Å²) in [5.74, 6) is -5.03. The Morgan fingerprint density at radius 3 is 1.67 bits per heavy atom. The molecule has 0 radical (unpaired) electrons. The SMILES string of the molecule is CC(C)(C)C(=O)Oc1c(-c2c(F)ccc(F)c2Cl)c(=O)[nH]c2ncccc12.O=c1[nH]c2ncccc2c(O)c1-c1c(F)ccc(F)c1Cl. The molecule has 0 atom stereocenters. The summed E-state index contributed by atoms with van der Waals surface area (Å²) in [6.07, 6.45) is 2.86. The maximum atomic E-state index is 14.5. The number of ether oxygens (including phenoxy) is 1. The van der Waals surface area contributed by atoms with Gasteiger partial charge < -0.3 is 19.8 Å². The number of H-pyrrole nitrogens is 2. The zero-order chi connectivity index (χ0) is 35.1. The van der Waals surface area contributed by atoms with E-state index < -0.39 is 78.3 Å². The zero-order valence-electron chi connectivity index (χ0n) is 25.0. The molecular formula is C33H22Cl2F4N4O5. The van der Waals surface area contributed by atoms with Crippen molar-refractivity contribution in [3.63, 3.8) is 0 Å². The molecule has 246 valence electrons. The number of carbonyl (C=O) groups is 1. The summed E-state index contributed by atoms with van der Waals surface area (Å²) in [5.41, 5.74) is -4.05. The molecule has 9 nitrogen and oxygen atoms in total. The highest BCUT2D eigenvalue weighted by Crippen LogP contribution is 2.40. The van der Waals surface area contributed by atoms with Crippen LogP contribution in [0.25, 0.3) is 44.3 Å². The van der Waals surface area contributed by atoms with Crippen LogP contribution in [0.15, 0.2) is 70.5 Å². The molecule has 0 aliphatic carbocycles. The Hall–Kier alpha value is -5.27. The quantitative estimate of drug-likeness (QED) is 0.0977. The van der Waals surface area contributed by atoms with Crippen molar-refractivity contribution in [1.82, 2.24) is 19.9 Å². The number of hydrogen-bond donors (Lipinski definition) is 3. The van der Waals surface area contributed by atoms with Gasteiger partial charge in [0.05, 0.1) is 37.4 Å². The topological polar surface area (TPSA) is 138 Å². The minimum Gasteiger partial charge on any atom is -0.506 e. The Morgan fingerprint density at radius 1 is 0.708 bits per heavy atom. The predicted molar refractivity (Wildman–Crippen MR) is 172 cm³/mol. The number of aromatic amines is 2. The van der Waals surface area contributed by atoms with E-state index >= 15 is 0 Å². The van der Waals surface area contributed by atoms with Gasteiger partial charge in [-0.3, -0.25) is 14.4 Å². The van der Waals surface area contributed by atoms with Crippen LogP contribution in [0.1, 0.15) is 20.8 Å². The molecule has 6 aromatic rings. The van der Waals surface area contributed by atoms with E-state index in [2.05, 4.69) is 19.9 Å². The molecule has 0 amide bonds. The second-order valence-electron chi connectivity index (χ2n) is 11.2. The van der Waals surface area contributed by atoms with E-state index in [0.717, 1.165) is 24.3 Å². The first kappa shape index (κ1) is 34.1. The number of pyridine rings is 4. The first-order chi connectivity index (χ1) is 22.6. The number of rotatable bonds is 3. The highest BCUT2D eigenvalue weighted by molar-refractivity contribution is 6.34. The zero-order valence-corrected chi connectivity index (χ0v) is 26.5. The third-order valence-corrected chi connectivity index (χ3v) is 7.63.